The topological polar surface area (TPSA) is 75.2 Å². The molecule has 0 aliphatic rings. The van der Waals surface area contributed by atoms with Gasteiger partial charge in [-0.05, 0) is 44.9 Å². The quantitative estimate of drug-likeness (QED) is 0.406. The van der Waals surface area contributed by atoms with E-state index in [9.17, 15) is 13.6 Å². The summed E-state index contributed by atoms with van der Waals surface area (Å²) in [4.78, 5) is 18.2. The number of carbonyl (C=O) groups excluding carboxylic acids is 1. The fraction of sp³-hybridized carbons (Fsp3) is 0.600. The second-order valence-corrected chi connectivity index (χ2v) is 6.12. The SMILES string of the molecule is CCNC(=NCCC(=O)N(CC)CC)NCCc1ccc(OC)c(OC(F)F)c1. The maximum atomic E-state index is 12.5. The summed E-state index contributed by atoms with van der Waals surface area (Å²) in [6.07, 6.45) is 0.928. The maximum absolute atomic E-state index is 12.5. The van der Waals surface area contributed by atoms with Gasteiger partial charge in [0.15, 0.2) is 17.5 Å². The molecule has 1 aromatic carbocycles. The van der Waals surface area contributed by atoms with Gasteiger partial charge in [0, 0.05) is 32.6 Å². The predicted molar refractivity (Wildman–Crippen MR) is 110 cm³/mol. The van der Waals surface area contributed by atoms with Crippen LogP contribution >= 0.6 is 0 Å². The molecular weight excluding hydrogens is 382 g/mol. The summed E-state index contributed by atoms with van der Waals surface area (Å²) >= 11 is 0. The Morgan fingerprint density at radius 2 is 1.90 bits per heavy atom. The number of methoxy groups -OCH3 is 1. The van der Waals surface area contributed by atoms with Crippen LogP contribution < -0.4 is 20.1 Å². The number of ether oxygens (including phenoxy) is 2. The number of benzene rings is 1. The average molecular weight is 414 g/mol. The highest BCUT2D eigenvalue weighted by atomic mass is 19.3. The van der Waals surface area contributed by atoms with Gasteiger partial charge < -0.3 is 25.0 Å². The number of hydrogen-bond acceptors (Lipinski definition) is 4. The zero-order valence-electron chi connectivity index (χ0n) is 17.6. The third-order valence-corrected chi connectivity index (χ3v) is 4.21. The number of halogens is 2. The van der Waals surface area contributed by atoms with E-state index in [4.69, 9.17) is 4.74 Å². The van der Waals surface area contributed by atoms with E-state index in [0.717, 1.165) is 5.56 Å². The highest BCUT2D eigenvalue weighted by Crippen LogP contribution is 2.29. The summed E-state index contributed by atoms with van der Waals surface area (Å²) in [5.41, 5.74) is 0.821. The lowest BCUT2D eigenvalue weighted by atomic mass is 10.1. The lowest BCUT2D eigenvalue weighted by Gasteiger charge is -2.18. The van der Waals surface area contributed by atoms with Crippen LogP contribution in [0.25, 0.3) is 0 Å². The van der Waals surface area contributed by atoms with Crippen molar-refractivity contribution in [3.05, 3.63) is 23.8 Å². The summed E-state index contributed by atoms with van der Waals surface area (Å²) < 4.78 is 34.6. The van der Waals surface area contributed by atoms with E-state index in [2.05, 4.69) is 20.4 Å². The van der Waals surface area contributed by atoms with E-state index in [-0.39, 0.29) is 17.4 Å². The molecule has 0 fully saturated rings. The third-order valence-electron chi connectivity index (χ3n) is 4.21. The summed E-state index contributed by atoms with van der Waals surface area (Å²) in [5, 5.41) is 6.31. The minimum atomic E-state index is -2.91. The van der Waals surface area contributed by atoms with E-state index in [1.807, 2.05) is 20.8 Å². The molecule has 0 aliphatic carbocycles. The van der Waals surface area contributed by atoms with Crippen molar-refractivity contribution in [2.45, 2.75) is 40.2 Å². The number of nitrogens with zero attached hydrogens (tertiary/aromatic N) is 2. The van der Waals surface area contributed by atoms with Gasteiger partial charge in [-0.25, -0.2) is 0 Å². The van der Waals surface area contributed by atoms with Crippen LogP contribution in [0.3, 0.4) is 0 Å². The van der Waals surface area contributed by atoms with Crippen molar-refractivity contribution in [3.63, 3.8) is 0 Å². The monoisotopic (exact) mass is 414 g/mol. The summed E-state index contributed by atoms with van der Waals surface area (Å²) in [6, 6.07) is 4.94. The lowest BCUT2D eigenvalue weighted by Crippen LogP contribution is -2.38. The number of hydrogen-bond donors (Lipinski definition) is 2. The molecule has 0 radical (unpaired) electrons. The molecule has 1 amide bonds. The molecule has 164 valence electrons. The van der Waals surface area contributed by atoms with Crippen molar-refractivity contribution in [3.8, 4) is 11.5 Å². The number of rotatable bonds is 12. The maximum Gasteiger partial charge on any atom is 0.387 e. The Bertz CT molecular complexity index is 653. The molecule has 0 unspecified atom stereocenters. The number of carbonyl (C=O) groups is 1. The second-order valence-electron chi connectivity index (χ2n) is 6.12. The number of amides is 1. The fourth-order valence-electron chi connectivity index (χ4n) is 2.73. The Balaban J connectivity index is 2.60. The predicted octanol–water partition coefficient (Wildman–Crippen LogP) is 2.65. The molecule has 0 saturated heterocycles. The molecule has 7 nitrogen and oxygen atoms in total. The molecule has 0 atom stereocenters. The van der Waals surface area contributed by atoms with Gasteiger partial charge in [0.05, 0.1) is 13.7 Å². The van der Waals surface area contributed by atoms with Gasteiger partial charge >= 0.3 is 6.61 Å². The first-order valence-electron chi connectivity index (χ1n) is 9.86. The Labute approximate surface area is 171 Å². The van der Waals surface area contributed by atoms with Crippen LogP contribution in [0.2, 0.25) is 0 Å². The Kier molecular flexibility index (Phi) is 11.4. The first kappa shape index (κ1) is 24.5. The van der Waals surface area contributed by atoms with E-state index in [1.54, 1.807) is 23.1 Å². The summed E-state index contributed by atoms with van der Waals surface area (Å²) in [5.74, 6) is 0.960. The van der Waals surface area contributed by atoms with Crippen LogP contribution in [0, 0.1) is 0 Å². The summed E-state index contributed by atoms with van der Waals surface area (Å²) in [6.45, 7) is 5.94. The van der Waals surface area contributed by atoms with E-state index >= 15 is 0 Å². The van der Waals surface area contributed by atoms with Crippen molar-refractivity contribution in [2.75, 3.05) is 39.8 Å². The van der Waals surface area contributed by atoms with Gasteiger partial charge in [0.25, 0.3) is 0 Å². The largest absolute Gasteiger partial charge is 0.493 e. The fourth-order valence-corrected chi connectivity index (χ4v) is 2.73. The zero-order valence-corrected chi connectivity index (χ0v) is 17.6. The second kappa shape index (κ2) is 13.6. The molecule has 0 saturated carbocycles. The van der Waals surface area contributed by atoms with Crippen LogP contribution in [-0.4, -0.2) is 63.2 Å². The normalized spacial score (nSPS) is 11.3. The van der Waals surface area contributed by atoms with Crippen LogP contribution in [0.5, 0.6) is 11.5 Å². The number of guanidine groups is 1. The molecule has 1 rings (SSSR count). The highest BCUT2D eigenvalue weighted by molar-refractivity contribution is 5.80. The zero-order chi connectivity index (χ0) is 21.6. The van der Waals surface area contributed by atoms with Gasteiger partial charge in [0.2, 0.25) is 5.91 Å². The number of alkyl halides is 2. The van der Waals surface area contributed by atoms with Crippen LogP contribution in [0.15, 0.2) is 23.2 Å². The van der Waals surface area contributed by atoms with Gasteiger partial charge in [-0.3, -0.25) is 9.79 Å². The Hall–Kier alpha value is -2.58. The molecule has 0 spiro atoms. The van der Waals surface area contributed by atoms with Gasteiger partial charge in [-0.1, -0.05) is 6.07 Å². The molecular formula is C20H32F2N4O3. The van der Waals surface area contributed by atoms with Crippen molar-refractivity contribution >= 4 is 11.9 Å². The first-order valence-corrected chi connectivity index (χ1v) is 9.86. The average Bonchev–Trinajstić information content (AvgIpc) is 2.68. The molecule has 0 bridgehead atoms. The lowest BCUT2D eigenvalue weighted by molar-refractivity contribution is -0.130. The standard InChI is InChI=1S/C20H32F2N4O3/c1-5-23-20(25-13-11-18(27)26(6-2)7-3)24-12-10-15-8-9-16(28-4)17(14-15)29-19(21)22/h8-9,14,19H,5-7,10-13H2,1-4H3,(H2,23,24,25). The van der Waals surface area contributed by atoms with Crippen molar-refractivity contribution in [1.82, 2.24) is 15.5 Å². The molecule has 0 aromatic heterocycles. The van der Waals surface area contributed by atoms with Gasteiger partial charge in [0.1, 0.15) is 0 Å². The molecule has 2 N–H and O–H groups in total. The van der Waals surface area contributed by atoms with Crippen molar-refractivity contribution < 1.29 is 23.0 Å². The highest BCUT2D eigenvalue weighted by Gasteiger charge is 2.12. The van der Waals surface area contributed by atoms with E-state index in [0.29, 0.717) is 51.5 Å². The Morgan fingerprint density at radius 1 is 1.17 bits per heavy atom. The van der Waals surface area contributed by atoms with Crippen molar-refractivity contribution in [1.29, 1.82) is 0 Å². The van der Waals surface area contributed by atoms with Gasteiger partial charge in [-0.2, -0.15) is 8.78 Å². The number of aliphatic imine (C=N–C) groups is 1. The van der Waals surface area contributed by atoms with Crippen LogP contribution in [0.4, 0.5) is 8.78 Å². The molecule has 29 heavy (non-hydrogen) atoms. The minimum Gasteiger partial charge on any atom is -0.493 e. The summed E-state index contributed by atoms with van der Waals surface area (Å²) in [7, 11) is 1.40. The van der Waals surface area contributed by atoms with E-state index < -0.39 is 6.61 Å². The van der Waals surface area contributed by atoms with Crippen LogP contribution in [-0.2, 0) is 11.2 Å². The molecule has 1 aromatic rings. The first-order chi connectivity index (χ1) is 13.9. The minimum absolute atomic E-state index is 0.00971. The third kappa shape index (κ3) is 8.97. The Morgan fingerprint density at radius 3 is 2.48 bits per heavy atom. The smallest absolute Gasteiger partial charge is 0.387 e. The van der Waals surface area contributed by atoms with Crippen LogP contribution in [0.1, 0.15) is 32.8 Å². The molecule has 9 heteroatoms. The van der Waals surface area contributed by atoms with E-state index in [1.165, 1.54) is 7.11 Å². The number of nitrogens with one attached hydrogen (secondary N) is 2. The molecule has 0 aliphatic heterocycles. The molecule has 0 heterocycles. The van der Waals surface area contributed by atoms with Crippen molar-refractivity contribution in [2.24, 2.45) is 4.99 Å². The van der Waals surface area contributed by atoms with Gasteiger partial charge in [-0.15, -0.1) is 0 Å².